The zero-order chi connectivity index (χ0) is 13.1. The summed E-state index contributed by atoms with van der Waals surface area (Å²) in [5.41, 5.74) is 1.65. The van der Waals surface area contributed by atoms with Crippen LogP contribution in [0.1, 0.15) is 16.1 Å². The van der Waals surface area contributed by atoms with Gasteiger partial charge in [0.25, 0.3) is 0 Å². The summed E-state index contributed by atoms with van der Waals surface area (Å²) in [5, 5.41) is 12.0. The first-order valence-corrected chi connectivity index (χ1v) is 5.95. The van der Waals surface area contributed by atoms with Crippen molar-refractivity contribution >= 4 is 33.5 Å². The van der Waals surface area contributed by atoms with E-state index in [9.17, 15) is 4.79 Å². The fraction of sp³-hybridized carbons (Fsp3) is 0.0833. The number of hydrogen-bond acceptors (Lipinski definition) is 4. The third-order valence-electron chi connectivity index (χ3n) is 2.25. The Morgan fingerprint density at radius 2 is 2.17 bits per heavy atom. The van der Waals surface area contributed by atoms with Crippen molar-refractivity contribution in [2.75, 3.05) is 5.32 Å². The number of carboxylic acids is 1. The number of halogens is 1. The normalized spacial score (nSPS) is 10.1. The molecule has 2 aromatic rings. The molecule has 0 amide bonds. The minimum Gasteiger partial charge on any atom is -0.478 e. The molecule has 1 aromatic carbocycles. The topological polar surface area (TPSA) is 75.1 Å². The molecule has 0 aliphatic heterocycles. The molecule has 92 valence electrons. The number of benzene rings is 1. The Bertz CT molecular complexity index is 602. The second-order valence-corrected chi connectivity index (χ2v) is 4.50. The average Bonchev–Trinajstić information content (AvgIpc) is 2.31. The van der Waals surface area contributed by atoms with Crippen molar-refractivity contribution in [3.8, 4) is 0 Å². The van der Waals surface area contributed by atoms with Gasteiger partial charge in [-0.05, 0) is 47.1 Å². The first kappa shape index (κ1) is 12.5. The van der Waals surface area contributed by atoms with Crippen LogP contribution >= 0.6 is 15.9 Å². The van der Waals surface area contributed by atoms with E-state index < -0.39 is 5.97 Å². The molecule has 2 N–H and O–H groups in total. The lowest BCUT2D eigenvalue weighted by Gasteiger charge is -2.07. The van der Waals surface area contributed by atoms with Crippen LogP contribution in [0.2, 0.25) is 0 Å². The summed E-state index contributed by atoms with van der Waals surface area (Å²) in [4.78, 5) is 19.2. The molecule has 5 nitrogen and oxygen atoms in total. The number of hydrogen-bond donors (Lipinski definition) is 2. The van der Waals surface area contributed by atoms with Gasteiger partial charge in [-0.25, -0.2) is 14.8 Å². The highest BCUT2D eigenvalue weighted by molar-refractivity contribution is 9.10. The van der Waals surface area contributed by atoms with Crippen molar-refractivity contribution in [2.45, 2.75) is 6.92 Å². The van der Waals surface area contributed by atoms with Gasteiger partial charge in [-0.1, -0.05) is 0 Å². The molecule has 0 atom stereocenters. The first-order valence-electron chi connectivity index (χ1n) is 5.16. The molecule has 6 heteroatoms. The third kappa shape index (κ3) is 2.84. The van der Waals surface area contributed by atoms with Gasteiger partial charge in [0.1, 0.15) is 0 Å². The predicted octanol–water partition coefficient (Wildman–Crippen LogP) is 2.99. The summed E-state index contributed by atoms with van der Waals surface area (Å²) in [6.07, 6.45) is 1.64. The Labute approximate surface area is 112 Å². The molecule has 0 aliphatic rings. The van der Waals surface area contributed by atoms with Gasteiger partial charge < -0.3 is 10.4 Å². The molecule has 18 heavy (non-hydrogen) atoms. The van der Waals surface area contributed by atoms with E-state index in [4.69, 9.17) is 5.11 Å². The van der Waals surface area contributed by atoms with Crippen LogP contribution in [0.4, 0.5) is 11.6 Å². The van der Waals surface area contributed by atoms with Crippen LogP contribution in [0, 0.1) is 6.92 Å². The number of anilines is 2. The van der Waals surface area contributed by atoms with E-state index in [-0.39, 0.29) is 5.56 Å². The maximum atomic E-state index is 11.0. The van der Waals surface area contributed by atoms with Crippen molar-refractivity contribution in [3.63, 3.8) is 0 Å². The molecule has 0 radical (unpaired) electrons. The molecule has 0 fully saturated rings. The van der Waals surface area contributed by atoms with Crippen molar-refractivity contribution in [3.05, 3.63) is 46.2 Å². The monoisotopic (exact) mass is 307 g/mol. The summed E-state index contributed by atoms with van der Waals surface area (Å²) in [6.45, 7) is 1.86. The molecule has 0 unspecified atom stereocenters. The summed E-state index contributed by atoms with van der Waals surface area (Å²) < 4.78 is 0.533. The minimum atomic E-state index is -0.990. The Balaban J connectivity index is 2.30. The van der Waals surface area contributed by atoms with Crippen LogP contribution in [-0.4, -0.2) is 21.0 Å². The summed E-state index contributed by atoms with van der Waals surface area (Å²) in [7, 11) is 0. The summed E-state index contributed by atoms with van der Waals surface area (Å²) in [6, 6.07) is 6.73. The molecule has 0 spiro atoms. The van der Waals surface area contributed by atoms with Gasteiger partial charge in [-0.2, -0.15) is 0 Å². The maximum Gasteiger partial charge on any atom is 0.336 e. The quantitative estimate of drug-likeness (QED) is 0.911. The minimum absolute atomic E-state index is 0.188. The Kier molecular flexibility index (Phi) is 3.57. The fourth-order valence-electron chi connectivity index (χ4n) is 1.41. The lowest BCUT2D eigenvalue weighted by Crippen LogP contribution is -2.01. The predicted molar refractivity (Wildman–Crippen MR) is 71.2 cm³/mol. The second-order valence-electron chi connectivity index (χ2n) is 3.65. The highest BCUT2D eigenvalue weighted by atomic mass is 79.9. The van der Waals surface area contributed by atoms with Crippen molar-refractivity contribution in [1.82, 2.24) is 9.97 Å². The van der Waals surface area contributed by atoms with E-state index in [2.05, 4.69) is 31.2 Å². The van der Waals surface area contributed by atoms with Gasteiger partial charge in [-0.15, -0.1) is 0 Å². The van der Waals surface area contributed by atoms with Gasteiger partial charge in [0.2, 0.25) is 5.95 Å². The van der Waals surface area contributed by atoms with Crippen LogP contribution in [-0.2, 0) is 0 Å². The number of aromatic carboxylic acids is 1. The standard InChI is InChI=1S/C12H10BrN3O2/c1-7-4-5-14-12(15-7)16-8-2-3-10(13)9(6-8)11(17)18/h2-6H,1H3,(H,17,18)(H,14,15,16). The van der Waals surface area contributed by atoms with E-state index in [1.54, 1.807) is 24.4 Å². The highest BCUT2D eigenvalue weighted by Crippen LogP contribution is 2.22. The van der Waals surface area contributed by atoms with E-state index in [1.807, 2.05) is 6.92 Å². The number of rotatable bonds is 3. The van der Waals surface area contributed by atoms with Gasteiger partial charge in [0, 0.05) is 22.1 Å². The molecule has 0 saturated carbocycles. The molecule has 0 saturated heterocycles. The van der Waals surface area contributed by atoms with E-state index in [0.29, 0.717) is 16.1 Å². The molecule has 1 heterocycles. The van der Waals surface area contributed by atoms with Gasteiger partial charge in [-0.3, -0.25) is 0 Å². The second kappa shape index (κ2) is 5.14. The number of nitrogens with zero attached hydrogens (tertiary/aromatic N) is 2. The zero-order valence-corrected chi connectivity index (χ0v) is 11.1. The Morgan fingerprint density at radius 3 is 2.83 bits per heavy atom. The van der Waals surface area contributed by atoms with Gasteiger partial charge in [0.05, 0.1) is 5.56 Å². The van der Waals surface area contributed by atoms with E-state index >= 15 is 0 Å². The summed E-state index contributed by atoms with van der Waals surface area (Å²) in [5.74, 6) is -0.552. The average molecular weight is 308 g/mol. The highest BCUT2D eigenvalue weighted by Gasteiger charge is 2.09. The smallest absolute Gasteiger partial charge is 0.336 e. The number of carbonyl (C=O) groups is 1. The lowest BCUT2D eigenvalue weighted by molar-refractivity contribution is 0.0696. The van der Waals surface area contributed by atoms with Crippen LogP contribution in [0.5, 0.6) is 0 Å². The van der Waals surface area contributed by atoms with Crippen LogP contribution < -0.4 is 5.32 Å². The largest absolute Gasteiger partial charge is 0.478 e. The molecule has 2 rings (SSSR count). The Morgan fingerprint density at radius 1 is 1.39 bits per heavy atom. The zero-order valence-electron chi connectivity index (χ0n) is 9.51. The van der Waals surface area contributed by atoms with Gasteiger partial charge >= 0.3 is 5.97 Å². The first-order chi connectivity index (χ1) is 8.56. The Hall–Kier alpha value is -1.95. The molecule has 0 aliphatic carbocycles. The lowest BCUT2D eigenvalue weighted by atomic mass is 10.2. The summed E-state index contributed by atoms with van der Waals surface area (Å²) >= 11 is 3.19. The van der Waals surface area contributed by atoms with Crippen LogP contribution in [0.15, 0.2) is 34.9 Å². The van der Waals surface area contributed by atoms with Crippen LogP contribution in [0.25, 0.3) is 0 Å². The third-order valence-corrected chi connectivity index (χ3v) is 2.94. The maximum absolute atomic E-state index is 11.0. The van der Waals surface area contributed by atoms with E-state index in [0.717, 1.165) is 5.69 Å². The van der Waals surface area contributed by atoms with Crippen molar-refractivity contribution in [2.24, 2.45) is 0 Å². The van der Waals surface area contributed by atoms with Crippen molar-refractivity contribution in [1.29, 1.82) is 0 Å². The molecule has 0 bridgehead atoms. The SMILES string of the molecule is Cc1ccnc(Nc2ccc(Br)c(C(=O)O)c2)n1. The number of carboxylic acid groups (broad SMARTS) is 1. The molecule has 1 aromatic heterocycles. The van der Waals surface area contributed by atoms with E-state index in [1.165, 1.54) is 6.07 Å². The molecular formula is C12H10BrN3O2. The molecular weight excluding hydrogens is 298 g/mol. The number of aryl methyl sites for hydroxylation is 1. The van der Waals surface area contributed by atoms with Gasteiger partial charge in [0.15, 0.2) is 0 Å². The number of aromatic nitrogens is 2. The van der Waals surface area contributed by atoms with Crippen molar-refractivity contribution < 1.29 is 9.90 Å². The number of nitrogens with one attached hydrogen (secondary N) is 1. The van der Waals surface area contributed by atoms with Crippen LogP contribution in [0.3, 0.4) is 0 Å². The fourth-order valence-corrected chi connectivity index (χ4v) is 1.82.